The molecule has 1 aromatic carbocycles. The number of ether oxygens (including phenoxy) is 1. The second-order valence-electron chi connectivity index (χ2n) is 5.85. The summed E-state index contributed by atoms with van der Waals surface area (Å²) < 4.78 is 5.54. The number of carbonyl (C=O) groups is 1. The van der Waals surface area contributed by atoms with Crippen LogP contribution >= 0.6 is 0 Å². The van der Waals surface area contributed by atoms with Gasteiger partial charge in [-0.25, -0.2) is 4.98 Å². The number of hydrogen-bond donors (Lipinski definition) is 4. The van der Waals surface area contributed by atoms with E-state index in [1.165, 1.54) is 12.4 Å². The van der Waals surface area contributed by atoms with Gasteiger partial charge in [0.1, 0.15) is 5.82 Å². The quantitative estimate of drug-likeness (QED) is 0.617. The zero-order chi connectivity index (χ0) is 17.6. The standard InChI is InChI=1S/C18H21N5O2/c19-8-15(9-20)12-1-2-13-10-22-17(6-14(13)5-12)23-18(24)7-16-11-21-3-4-25-16/h1-2,5-6,8-10,16,19,21H,3-4,7,11,20H2,(H,22,23,24)/b15-9+,19-8?. The predicted molar refractivity (Wildman–Crippen MR) is 98.5 cm³/mol. The number of amides is 1. The van der Waals surface area contributed by atoms with Crippen molar-refractivity contribution in [2.24, 2.45) is 5.73 Å². The number of benzene rings is 1. The average Bonchev–Trinajstić information content (AvgIpc) is 2.63. The van der Waals surface area contributed by atoms with Gasteiger partial charge in [-0.05, 0) is 23.1 Å². The number of aromatic nitrogens is 1. The van der Waals surface area contributed by atoms with Crippen LogP contribution in [0, 0.1) is 5.41 Å². The van der Waals surface area contributed by atoms with Crippen LogP contribution in [-0.4, -0.2) is 42.9 Å². The number of nitrogens with two attached hydrogens (primary N) is 1. The molecule has 0 radical (unpaired) electrons. The summed E-state index contributed by atoms with van der Waals surface area (Å²) in [5, 5.41) is 15.3. The molecule has 2 heterocycles. The highest BCUT2D eigenvalue weighted by molar-refractivity contribution is 6.09. The van der Waals surface area contributed by atoms with Gasteiger partial charge in [0.25, 0.3) is 0 Å². The normalized spacial score (nSPS) is 18.1. The lowest BCUT2D eigenvalue weighted by Gasteiger charge is -2.22. The number of fused-ring (bicyclic) bond motifs is 1. The lowest BCUT2D eigenvalue weighted by molar-refractivity contribution is -0.119. The Kier molecular flexibility index (Phi) is 5.37. The fourth-order valence-corrected chi connectivity index (χ4v) is 2.77. The zero-order valence-corrected chi connectivity index (χ0v) is 13.8. The Morgan fingerprint density at radius 1 is 1.44 bits per heavy atom. The van der Waals surface area contributed by atoms with Crippen LogP contribution in [0.25, 0.3) is 16.3 Å². The van der Waals surface area contributed by atoms with Crippen molar-refractivity contribution >= 4 is 34.3 Å². The first-order chi connectivity index (χ1) is 12.2. The van der Waals surface area contributed by atoms with Gasteiger partial charge in [-0.1, -0.05) is 12.1 Å². The molecule has 25 heavy (non-hydrogen) atoms. The smallest absolute Gasteiger partial charge is 0.228 e. The lowest BCUT2D eigenvalue weighted by atomic mass is 10.0. The fraction of sp³-hybridized carbons (Fsp3) is 0.278. The maximum absolute atomic E-state index is 12.2. The molecule has 2 aromatic rings. The van der Waals surface area contributed by atoms with Gasteiger partial charge < -0.3 is 26.5 Å². The van der Waals surface area contributed by atoms with Crippen LogP contribution in [0.4, 0.5) is 5.82 Å². The van der Waals surface area contributed by atoms with Gasteiger partial charge in [0.2, 0.25) is 5.91 Å². The number of nitrogens with zero attached hydrogens (tertiary/aromatic N) is 1. The Morgan fingerprint density at radius 3 is 3.04 bits per heavy atom. The first-order valence-electron chi connectivity index (χ1n) is 8.14. The molecular weight excluding hydrogens is 318 g/mol. The molecule has 1 unspecified atom stereocenters. The van der Waals surface area contributed by atoms with Crippen molar-refractivity contribution in [1.82, 2.24) is 10.3 Å². The number of carbonyl (C=O) groups excluding carboxylic acids is 1. The molecule has 3 rings (SSSR count). The van der Waals surface area contributed by atoms with Crippen LogP contribution in [0.15, 0.2) is 36.7 Å². The molecule has 7 nitrogen and oxygen atoms in total. The van der Waals surface area contributed by atoms with Crippen LogP contribution in [0.2, 0.25) is 0 Å². The molecule has 1 fully saturated rings. The lowest BCUT2D eigenvalue weighted by Crippen LogP contribution is -2.40. The molecular formula is C18H21N5O2. The molecule has 0 saturated carbocycles. The molecule has 7 heteroatoms. The van der Waals surface area contributed by atoms with Crippen molar-refractivity contribution in [2.75, 3.05) is 25.0 Å². The molecule has 1 atom stereocenters. The number of rotatable bonds is 5. The van der Waals surface area contributed by atoms with E-state index in [0.717, 1.165) is 22.9 Å². The van der Waals surface area contributed by atoms with E-state index in [4.69, 9.17) is 15.9 Å². The van der Waals surface area contributed by atoms with E-state index in [1.807, 2.05) is 24.3 Å². The Bertz CT molecular complexity index is 812. The van der Waals surface area contributed by atoms with Gasteiger partial charge in [0.05, 0.1) is 19.1 Å². The summed E-state index contributed by atoms with van der Waals surface area (Å²) in [5.41, 5.74) is 7.02. The second-order valence-corrected chi connectivity index (χ2v) is 5.85. The Labute approximate surface area is 145 Å². The highest BCUT2D eigenvalue weighted by Gasteiger charge is 2.17. The molecule has 1 aliphatic heterocycles. The number of anilines is 1. The SMILES string of the molecule is N=C/C(=C\N)c1ccc2cnc(NC(=O)CC3CNCCO3)cc2c1. The molecule has 1 aromatic heterocycles. The fourth-order valence-electron chi connectivity index (χ4n) is 2.77. The minimum Gasteiger partial charge on any atom is -0.404 e. The number of allylic oxidation sites excluding steroid dienone is 1. The van der Waals surface area contributed by atoms with Gasteiger partial charge >= 0.3 is 0 Å². The topological polar surface area (TPSA) is 113 Å². The number of morpholine rings is 1. The predicted octanol–water partition coefficient (Wildman–Crippen LogP) is 1.50. The van der Waals surface area contributed by atoms with Gasteiger partial charge in [0, 0.05) is 42.7 Å². The monoisotopic (exact) mass is 339 g/mol. The molecule has 1 aliphatic rings. The maximum atomic E-state index is 12.2. The summed E-state index contributed by atoms with van der Waals surface area (Å²) in [7, 11) is 0. The van der Waals surface area contributed by atoms with Crippen molar-refractivity contribution in [3.63, 3.8) is 0 Å². The summed E-state index contributed by atoms with van der Waals surface area (Å²) in [6, 6.07) is 7.54. The molecule has 0 spiro atoms. The third-order valence-electron chi connectivity index (χ3n) is 4.08. The Balaban J connectivity index is 1.75. The second kappa shape index (κ2) is 7.87. The molecule has 1 saturated heterocycles. The average molecular weight is 339 g/mol. The van der Waals surface area contributed by atoms with Crippen molar-refractivity contribution in [1.29, 1.82) is 5.41 Å². The van der Waals surface area contributed by atoms with E-state index in [-0.39, 0.29) is 12.0 Å². The van der Waals surface area contributed by atoms with E-state index < -0.39 is 0 Å². The first-order valence-corrected chi connectivity index (χ1v) is 8.14. The van der Waals surface area contributed by atoms with Crippen molar-refractivity contribution in [3.8, 4) is 0 Å². The van der Waals surface area contributed by atoms with E-state index in [2.05, 4.69) is 15.6 Å². The third-order valence-corrected chi connectivity index (χ3v) is 4.08. The molecule has 130 valence electrons. The molecule has 1 amide bonds. The van der Waals surface area contributed by atoms with E-state index >= 15 is 0 Å². The highest BCUT2D eigenvalue weighted by Crippen LogP contribution is 2.22. The van der Waals surface area contributed by atoms with E-state index in [9.17, 15) is 4.79 Å². The van der Waals surface area contributed by atoms with Crippen molar-refractivity contribution < 1.29 is 9.53 Å². The van der Waals surface area contributed by atoms with Gasteiger partial charge in [-0.2, -0.15) is 0 Å². The van der Waals surface area contributed by atoms with Crippen LogP contribution in [0.1, 0.15) is 12.0 Å². The minimum atomic E-state index is -0.126. The van der Waals surface area contributed by atoms with Crippen LogP contribution in [0.3, 0.4) is 0 Å². The highest BCUT2D eigenvalue weighted by atomic mass is 16.5. The van der Waals surface area contributed by atoms with Crippen LogP contribution in [-0.2, 0) is 9.53 Å². The number of pyridine rings is 1. The number of nitrogens with one attached hydrogen (secondary N) is 3. The number of hydrogen-bond acceptors (Lipinski definition) is 6. The summed E-state index contributed by atoms with van der Waals surface area (Å²) >= 11 is 0. The van der Waals surface area contributed by atoms with Crippen molar-refractivity contribution in [3.05, 3.63) is 42.2 Å². The van der Waals surface area contributed by atoms with Gasteiger partial charge in [-0.15, -0.1) is 0 Å². The summed E-state index contributed by atoms with van der Waals surface area (Å²) in [4.78, 5) is 16.5. The van der Waals surface area contributed by atoms with E-state index in [1.54, 1.807) is 6.20 Å². The van der Waals surface area contributed by atoms with Gasteiger partial charge in [0.15, 0.2) is 0 Å². The van der Waals surface area contributed by atoms with Crippen LogP contribution < -0.4 is 16.4 Å². The Morgan fingerprint density at radius 2 is 2.32 bits per heavy atom. The summed E-state index contributed by atoms with van der Waals surface area (Å²) in [6.45, 7) is 2.13. The summed E-state index contributed by atoms with van der Waals surface area (Å²) in [6.07, 6.45) is 4.51. The molecule has 0 bridgehead atoms. The van der Waals surface area contributed by atoms with E-state index in [0.29, 0.717) is 31.0 Å². The van der Waals surface area contributed by atoms with Crippen LogP contribution in [0.5, 0.6) is 0 Å². The van der Waals surface area contributed by atoms with Crippen molar-refractivity contribution in [2.45, 2.75) is 12.5 Å². The third kappa shape index (κ3) is 4.20. The maximum Gasteiger partial charge on any atom is 0.228 e. The molecule has 0 aliphatic carbocycles. The van der Waals surface area contributed by atoms with Gasteiger partial charge in [-0.3, -0.25) is 4.79 Å². The minimum absolute atomic E-state index is 0.106. The largest absolute Gasteiger partial charge is 0.404 e. The Hall–Kier alpha value is -2.77. The summed E-state index contributed by atoms with van der Waals surface area (Å²) in [5.74, 6) is 0.366. The molecule has 5 N–H and O–H groups in total. The zero-order valence-electron chi connectivity index (χ0n) is 13.8. The first kappa shape index (κ1) is 17.1.